The SMILES string of the molecule is CC(C)Cc1nc(C(C)S(C)(=O)=O)oc1C(=O)O. The minimum atomic E-state index is -3.36. The van der Waals surface area contributed by atoms with Gasteiger partial charge >= 0.3 is 5.97 Å². The Morgan fingerprint density at radius 1 is 1.39 bits per heavy atom. The van der Waals surface area contributed by atoms with Crippen molar-refractivity contribution in [2.45, 2.75) is 32.4 Å². The van der Waals surface area contributed by atoms with Crippen LogP contribution in [-0.4, -0.2) is 30.7 Å². The van der Waals surface area contributed by atoms with E-state index < -0.39 is 21.1 Å². The zero-order valence-electron chi connectivity index (χ0n) is 10.8. The third-order valence-electron chi connectivity index (χ3n) is 2.50. The maximum atomic E-state index is 11.4. The standard InChI is InChI=1S/C11H17NO5S/c1-6(2)5-8-9(11(13)14)17-10(12-8)7(3)18(4,15)16/h6-7H,5H2,1-4H3,(H,13,14). The summed E-state index contributed by atoms with van der Waals surface area (Å²) >= 11 is 0. The van der Waals surface area contributed by atoms with E-state index in [4.69, 9.17) is 9.52 Å². The Labute approximate surface area is 106 Å². The smallest absolute Gasteiger partial charge is 0.373 e. The van der Waals surface area contributed by atoms with Gasteiger partial charge in [0.2, 0.25) is 11.7 Å². The molecule has 0 aliphatic carbocycles. The molecule has 1 aromatic rings. The molecule has 6 nitrogen and oxygen atoms in total. The highest BCUT2D eigenvalue weighted by molar-refractivity contribution is 7.90. The van der Waals surface area contributed by atoms with Gasteiger partial charge in [-0.15, -0.1) is 0 Å². The summed E-state index contributed by atoms with van der Waals surface area (Å²) in [5, 5.41) is 8.05. The van der Waals surface area contributed by atoms with Crippen LogP contribution in [0.4, 0.5) is 0 Å². The molecule has 0 aliphatic heterocycles. The van der Waals surface area contributed by atoms with E-state index >= 15 is 0 Å². The van der Waals surface area contributed by atoms with Crippen molar-refractivity contribution in [1.82, 2.24) is 4.98 Å². The normalized spacial score (nSPS) is 13.8. The minimum Gasteiger partial charge on any atom is -0.475 e. The van der Waals surface area contributed by atoms with E-state index in [1.165, 1.54) is 6.92 Å². The molecule has 0 radical (unpaired) electrons. The Kier molecular flexibility index (Phi) is 4.16. The second kappa shape index (κ2) is 5.09. The highest BCUT2D eigenvalue weighted by atomic mass is 32.2. The molecule has 0 bridgehead atoms. The Morgan fingerprint density at radius 2 is 1.94 bits per heavy atom. The monoisotopic (exact) mass is 275 g/mol. The van der Waals surface area contributed by atoms with Crippen molar-refractivity contribution in [2.24, 2.45) is 5.92 Å². The molecule has 1 heterocycles. The summed E-state index contributed by atoms with van der Waals surface area (Å²) < 4.78 is 27.9. The lowest BCUT2D eigenvalue weighted by Gasteiger charge is -2.03. The third kappa shape index (κ3) is 3.32. The first-order chi connectivity index (χ1) is 8.12. The van der Waals surface area contributed by atoms with Gasteiger partial charge in [0.05, 0.1) is 5.69 Å². The highest BCUT2D eigenvalue weighted by Gasteiger charge is 2.27. The predicted molar refractivity (Wildman–Crippen MR) is 65.3 cm³/mol. The van der Waals surface area contributed by atoms with Crippen molar-refractivity contribution in [3.63, 3.8) is 0 Å². The summed E-state index contributed by atoms with van der Waals surface area (Å²) in [5.74, 6) is -1.36. The predicted octanol–water partition coefficient (Wildman–Crippen LogP) is 1.68. The van der Waals surface area contributed by atoms with Gasteiger partial charge < -0.3 is 9.52 Å². The molecular formula is C11H17NO5S. The van der Waals surface area contributed by atoms with Crippen LogP contribution < -0.4 is 0 Å². The molecule has 0 spiro atoms. The lowest BCUT2D eigenvalue weighted by atomic mass is 10.1. The van der Waals surface area contributed by atoms with Crippen molar-refractivity contribution in [3.8, 4) is 0 Å². The van der Waals surface area contributed by atoms with E-state index in [1.54, 1.807) is 0 Å². The molecule has 0 fully saturated rings. The summed E-state index contributed by atoms with van der Waals surface area (Å²) in [6.07, 6.45) is 1.49. The van der Waals surface area contributed by atoms with Gasteiger partial charge in [0.15, 0.2) is 9.84 Å². The number of aromatic nitrogens is 1. The van der Waals surface area contributed by atoms with E-state index in [1.807, 2.05) is 13.8 Å². The largest absolute Gasteiger partial charge is 0.475 e. The van der Waals surface area contributed by atoms with Gasteiger partial charge in [-0.3, -0.25) is 0 Å². The van der Waals surface area contributed by atoms with E-state index in [0.29, 0.717) is 12.1 Å². The number of nitrogens with zero attached hydrogens (tertiary/aromatic N) is 1. The summed E-state index contributed by atoms with van der Waals surface area (Å²) in [6, 6.07) is 0. The molecule has 0 saturated carbocycles. The second-order valence-corrected chi connectivity index (χ2v) is 7.07. The van der Waals surface area contributed by atoms with Crippen molar-refractivity contribution in [3.05, 3.63) is 17.3 Å². The van der Waals surface area contributed by atoms with Crippen LogP contribution in [0.3, 0.4) is 0 Å². The Hall–Kier alpha value is -1.37. The van der Waals surface area contributed by atoms with Gasteiger partial charge in [-0.1, -0.05) is 13.8 Å². The zero-order chi connectivity index (χ0) is 14.1. The number of hydrogen-bond acceptors (Lipinski definition) is 5. The molecule has 1 rings (SSSR count). The van der Waals surface area contributed by atoms with Gasteiger partial charge in [-0.25, -0.2) is 18.2 Å². The average molecular weight is 275 g/mol. The maximum absolute atomic E-state index is 11.4. The molecule has 1 N–H and O–H groups in total. The van der Waals surface area contributed by atoms with Crippen LogP contribution in [0.5, 0.6) is 0 Å². The van der Waals surface area contributed by atoms with Gasteiger partial charge in [-0.05, 0) is 19.3 Å². The molecule has 0 saturated heterocycles. The van der Waals surface area contributed by atoms with Crippen molar-refractivity contribution in [2.75, 3.05) is 6.26 Å². The van der Waals surface area contributed by atoms with Crippen LogP contribution >= 0.6 is 0 Å². The topological polar surface area (TPSA) is 97.5 Å². The van der Waals surface area contributed by atoms with Crippen molar-refractivity contribution in [1.29, 1.82) is 0 Å². The van der Waals surface area contributed by atoms with Crippen molar-refractivity contribution >= 4 is 15.8 Å². The first-order valence-corrected chi connectivity index (χ1v) is 7.50. The maximum Gasteiger partial charge on any atom is 0.373 e. The van der Waals surface area contributed by atoms with E-state index in [9.17, 15) is 13.2 Å². The van der Waals surface area contributed by atoms with E-state index in [0.717, 1.165) is 6.26 Å². The summed E-state index contributed by atoms with van der Waals surface area (Å²) in [7, 11) is -3.36. The Morgan fingerprint density at radius 3 is 2.33 bits per heavy atom. The first kappa shape index (κ1) is 14.7. The molecule has 7 heteroatoms. The lowest BCUT2D eigenvalue weighted by molar-refractivity contribution is 0.0658. The van der Waals surface area contributed by atoms with Crippen LogP contribution in [0.1, 0.15) is 48.2 Å². The number of carbonyl (C=O) groups is 1. The molecule has 102 valence electrons. The lowest BCUT2D eigenvalue weighted by Crippen LogP contribution is -2.08. The molecule has 1 atom stereocenters. The number of carboxylic acid groups (broad SMARTS) is 1. The average Bonchev–Trinajstić information content (AvgIpc) is 2.58. The van der Waals surface area contributed by atoms with E-state index in [2.05, 4.69) is 4.98 Å². The summed E-state index contributed by atoms with van der Waals surface area (Å²) in [4.78, 5) is 15.0. The molecule has 18 heavy (non-hydrogen) atoms. The summed E-state index contributed by atoms with van der Waals surface area (Å²) in [6.45, 7) is 5.26. The zero-order valence-corrected chi connectivity index (χ0v) is 11.6. The first-order valence-electron chi connectivity index (χ1n) is 5.54. The molecule has 0 aliphatic rings. The van der Waals surface area contributed by atoms with Crippen LogP contribution in [0.25, 0.3) is 0 Å². The number of sulfone groups is 1. The van der Waals surface area contributed by atoms with Crippen LogP contribution in [-0.2, 0) is 16.3 Å². The molecule has 1 aromatic heterocycles. The van der Waals surface area contributed by atoms with Gasteiger partial charge in [-0.2, -0.15) is 0 Å². The van der Waals surface area contributed by atoms with Gasteiger partial charge in [0.1, 0.15) is 5.25 Å². The fourth-order valence-electron chi connectivity index (χ4n) is 1.42. The minimum absolute atomic E-state index is 0.0643. The fraction of sp³-hybridized carbons (Fsp3) is 0.636. The number of aromatic carboxylic acids is 1. The number of carboxylic acids is 1. The number of rotatable bonds is 5. The Bertz CT molecular complexity index is 544. The Balaban J connectivity index is 3.22. The number of oxazole rings is 1. The molecule has 0 amide bonds. The van der Waals surface area contributed by atoms with Crippen LogP contribution in [0, 0.1) is 5.92 Å². The fourth-order valence-corrected chi connectivity index (χ4v) is 1.89. The number of hydrogen-bond donors (Lipinski definition) is 1. The molecule has 1 unspecified atom stereocenters. The molecule has 0 aromatic carbocycles. The highest BCUT2D eigenvalue weighted by Crippen LogP contribution is 2.24. The molecular weight excluding hydrogens is 258 g/mol. The van der Waals surface area contributed by atoms with Gasteiger partial charge in [0, 0.05) is 6.26 Å². The van der Waals surface area contributed by atoms with Crippen LogP contribution in [0.2, 0.25) is 0 Å². The third-order valence-corrected chi connectivity index (χ3v) is 3.99. The van der Waals surface area contributed by atoms with E-state index in [-0.39, 0.29) is 17.6 Å². The van der Waals surface area contributed by atoms with Crippen LogP contribution in [0.15, 0.2) is 4.42 Å². The van der Waals surface area contributed by atoms with Crippen molar-refractivity contribution < 1.29 is 22.7 Å². The van der Waals surface area contributed by atoms with Gasteiger partial charge in [0.25, 0.3) is 0 Å². The summed E-state index contributed by atoms with van der Waals surface area (Å²) in [5.41, 5.74) is 0.294. The second-order valence-electron chi connectivity index (χ2n) is 4.70. The quantitative estimate of drug-likeness (QED) is 0.878.